The van der Waals surface area contributed by atoms with Crippen LogP contribution in [0.4, 0.5) is 5.69 Å². The summed E-state index contributed by atoms with van der Waals surface area (Å²) >= 11 is 13.4. The molecule has 0 spiro atoms. The SMILES string of the molecule is Cc1ncsc1CCOc1ccc(NC(=O)c2ccc(Cl)cc2Cl)c(C(=O)[O-])c1.[Li+]. The number of nitrogens with one attached hydrogen (secondary N) is 1. The normalized spacial score (nSPS) is 10.2. The van der Waals surface area contributed by atoms with Crippen molar-refractivity contribution in [2.45, 2.75) is 13.3 Å². The molecule has 0 bridgehead atoms. The molecule has 0 atom stereocenters. The Morgan fingerprint density at radius 1 is 1.17 bits per heavy atom. The molecule has 2 aromatic carbocycles. The Bertz CT molecular complexity index is 1070. The second kappa shape index (κ2) is 10.8. The van der Waals surface area contributed by atoms with E-state index in [9.17, 15) is 14.7 Å². The maximum atomic E-state index is 12.5. The number of anilines is 1. The number of carboxylic acid groups (broad SMARTS) is 1. The fourth-order valence-corrected chi connectivity index (χ4v) is 3.84. The maximum absolute atomic E-state index is 12.5. The smallest absolute Gasteiger partial charge is 0.545 e. The summed E-state index contributed by atoms with van der Waals surface area (Å²) in [6.45, 7) is 2.28. The number of rotatable bonds is 7. The number of nitrogens with zero attached hydrogens (tertiary/aromatic N) is 1. The number of aromatic nitrogens is 1. The minimum absolute atomic E-state index is 0. The van der Waals surface area contributed by atoms with Crippen LogP contribution >= 0.6 is 34.5 Å². The van der Waals surface area contributed by atoms with Gasteiger partial charge in [-0.1, -0.05) is 23.2 Å². The largest absolute Gasteiger partial charge is 1.00 e. The molecule has 0 radical (unpaired) electrons. The molecule has 0 fully saturated rings. The van der Waals surface area contributed by atoms with Gasteiger partial charge in [0.2, 0.25) is 0 Å². The minimum atomic E-state index is -1.44. The van der Waals surface area contributed by atoms with Crippen molar-refractivity contribution in [1.82, 2.24) is 4.98 Å². The van der Waals surface area contributed by atoms with Crippen LogP contribution in [0.1, 0.15) is 31.3 Å². The first-order chi connectivity index (χ1) is 13.8. The molecule has 0 aliphatic carbocycles. The van der Waals surface area contributed by atoms with Crippen LogP contribution in [0.2, 0.25) is 10.0 Å². The fraction of sp³-hybridized carbons (Fsp3) is 0.150. The van der Waals surface area contributed by atoms with E-state index in [1.807, 2.05) is 6.92 Å². The van der Waals surface area contributed by atoms with Crippen LogP contribution in [0.15, 0.2) is 41.9 Å². The third kappa shape index (κ3) is 6.00. The van der Waals surface area contributed by atoms with Gasteiger partial charge in [0.25, 0.3) is 5.91 Å². The molecular formula is C20H15Cl2LiN2O4S. The number of aromatic carboxylic acids is 1. The number of hydrogen-bond donors (Lipinski definition) is 1. The number of ether oxygens (including phenoxy) is 1. The third-order valence-corrected chi connectivity index (χ3v) is 5.62. The molecule has 0 saturated carbocycles. The van der Waals surface area contributed by atoms with Gasteiger partial charge >= 0.3 is 18.9 Å². The Balaban J connectivity index is 0.00000320. The quantitative estimate of drug-likeness (QED) is 0.535. The topological polar surface area (TPSA) is 91.3 Å². The fourth-order valence-electron chi connectivity index (χ4n) is 2.58. The van der Waals surface area contributed by atoms with Crippen molar-refractivity contribution in [2.75, 3.05) is 11.9 Å². The number of amides is 1. The summed E-state index contributed by atoms with van der Waals surface area (Å²) in [5, 5.41) is 14.6. The molecule has 0 aliphatic rings. The van der Waals surface area contributed by atoms with Crippen molar-refractivity contribution >= 4 is 52.1 Å². The number of benzene rings is 2. The predicted molar refractivity (Wildman–Crippen MR) is 111 cm³/mol. The first-order valence-corrected chi connectivity index (χ1v) is 10.1. The van der Waals surface area contributed by atoms with E-state index in [0.29, 0.717) is 23.8 Å². The molecule has 0 aliphatic heterocycles. The van der Waals surface area contributed by atoms with E-state index < -0.39 is 11.9 Å². The van der Waals surface area contributed by atoms with Crippen molar-refractivity contribution < 1.29 is 38.3 Å². The van der Waals surface area contributed by atoms with Gasteiger partial charge in [-0.05, 0) is 43.3 Å². The Hall–Kier alpha value is -2.01. The van der Waals surface area contributed by atoms with Gasteiger partial charge in [-0.25, -0.2) is 4.98 Å². The molecule has 30 heavy (non-hydrogen) atoms. The molecule has 1 aromatic heterocycles. The summed E-state index contributed by atoms with van der Waals surface area (Å²) in [6, 6.07) is 8.74. The molecule has 3 rings (SSSR count). The molecule has 3 aromatic rings. The van der Waals surface area contributed by atoms with Crippen LogP contribution in [0.25, 0.3) is 0 Å². The van der Waals surface area contributed by atoms with Gasteiger partial charge in [0, 0.05) is 21.9 Å². The van der Waals surface area contributed by atoms with Gasteiger partial charge in [0.15, 0.2) is 0 Å². The van der Waals surface area contributed by atoms with Crippen LogP contribution in [0.5, 0.6) is 5.75 Å². The number of carboxylic acids is 1. The molecule has 1 heterocycles. The van der Waals surface area contributed by atoms with Crippen LogP contribution < -0.4 is 34.0 Å². The van der Waals surface area contributed by atoms with Crippen molar-refractivity contribution in [3.05, 3.63) is 73.7 Å². The molecule has 1 N–H and O–H groups in total. The summed E-state index contributed by atoms with van der Waals surface area (Å²) in [5.41, 5.74) is 2.76. The third-order valence-electron chi connectivity index (χ3n) is 4.08. The maximum Gasteiger partial charge on any atom is 1.00 e. The van der Waals surface area contributed by atoms with E-state index in [2.05, 4.69) is 10.3 Å². The Morgan fingerprint density at radius 2 is 1.93 bits per heavy atom. The van der Waals surface area contributed by atoms with Crippen molar-refractivity contribution in [2.24, 2.45) is 0 Å². The summed E-state index contributed by atoms with van der Waals surface area (Å²) < 4.78 is 5.64. The molecular weight excluding hydrogens is 442 g/mol. The zero-order chi connectivity index (χ0) is 21.0. The van der Waals surface area contributed by atoms with Gasteiger partial charge in [-0.2, -0.15) is 0 Å². The zero-order valence-electron chi connectivity index (χ0n) is 16.2. The molecule has 0 saturated heterocycles. The van der Waals surface area contributed by atoms with Gasteiger partial charge in [0.1, 0.15) is 5.75 Å². The molecule has 150 valence electrons. The number of carbonyl (C=O) groups is 2. The molecule has 0 unspecified atom stereocenters. The number of hydrogen-bond acceptors (Lipinski definition) is 6. The first kappa shape index (κ1) is 24.3. The molecule has 10 heteroatoms. The Morgan fingerprint density at radius 3 is 2.57 bits per heavy atom. The minimum Gasteiger partial charge on any atom is -0.545 e. The number of aryl methyl sites for hydroxylation is 1. The number of carbonyl (C=O) groups excluding carboxylic acids is 2. The molecule has 1 amide bonds. The van der Waals surface area contributed by atoms with E-state index in [0.717, 1.165) is 10.6 Å². The van der Waals surface area contributed by atoms with Crippen LogP contribution in [0, 0.1) is 6.92 Å². The summed E-state index contributed by atoms with van der Waals surface area (Å²) in [4.78, 5) is 29.3. The first-order valence-electron chi connectivity index (χ1n) is 8.48. The van der Waals surface area contributed by atoms with Crippen LogP contribution in [-0.4, -0.2) is 23.5 Å². The Labute approximate surface area is 199 Å². The number of thiazole rings is 1. The average molecular weight is 457 g/mol. The van der Waals surface area contributed by atoms with Gasteiger partial charge in [0.05, 0.1) is 40.1 Å². The van der Waals surface area contributed by atoms with Crippen LogP contribution in [0.3, 0.4) is 0 Å². The van der Waals surface area contributed by atoms with Crippen molar-refractivity contribution in [1.29, 1.82) is 0 Å². The van der Waals surface area contributed by atoms with E-state index in [1.54, 1.807) is 22.9 Å². The summed E-state index contributed by atoms with van der Waals surface area (Å²) in [6.07, 6.45) is 0.657. The van der Waals surface area contributed by atoms with Gasteiger partial charge < -0.3 is 20.0 Å². The summed E-state index contributed by atoms with van der Waals surface area (Å²) in [5.74, 6) is -1.65. The zero-order valence-corrected chi connectivity index (χ0v) is 18.5. The van der Waals surface area contributed by atoms with Crippen molar-refractivity contribution in [3.63, 3.8) is 0 Å². The second-order valence-electron chi connectivity index (χ2n) is 6.03. The average Bonchev–Trinajstić information content (AvgIpc) is 3.07. The van der Waals surface area contributed by atoms with E-state index in [-0.39, 0.29) is 40.7 Å². The van der Waals surface area contributed by atoms with E-state index in [4.69, 9.17) is 27.9 Å². The predicted octanol–water partition coefficient (Wildman–Crippen LogP) is 1.000. The van der Waals surface area contributed by atoms with Crippen LogP contribution in [-0.2, 0) is 6.42 Å². The van der Waals surface area contributed by atoms with Crippen molar-refractivity contribution in [3.8, 4) is 5.75 Å². The Kier molecular flexibility index (Phi) is 8.77. The monoisotopic (exact) mass is 456 g/mol. The number of halogens is 2. The van der Waals surface area contributed by atoms with Gasteiger partial charge in [-0.3, -0.25) is 4.79 Å². The second-order valence-corrected chi connectivity index (χ2v) is 7.82. The standard InChI is InChI=1S/C20H16Cl2N2O4S.Li/c1-11-18(29-10-23-11)6-7-28-13-3-5-17(15(9-13)20(26)27)24-19(25)14-4-2-12(21)8-16(14)22;/h2-5,8-10H,6-7H2,1H3,(H,24,25)(H,26,27);/q;+1/p-1. The summed E-state index contributed by atoms with van der Waals surface area (Å²) in [7, 11) is 0. The molecule has 6 nitrogen and oxygen atoms in total. The van der Waals surface area contributed by atoms with E-state index in [1.165, 1.54) is 30.3 Å². The van der Waals surface area contributed by atoms with Gasteiger partial charge in [-0.15, -0.1) is 11.3 Å². The van der Waals surface area contributed by atoms with E-state index >= 15 is 0 Å².